The van der Waals surface area contributed by atoms with Crippen LogP contribution in [-0.4, -0.2) is 45.1 Å². The average molecular weight is 355 g/mol. The van der Waals surface area contributed by atoms with Gasteiger partial charge in [-0.1, -0.05) is 5.16 Å². The Balaban J connectivity index is 1.50. The topological polar surface area (TPSA) is 84.2 Å². The lowest BCUT2D eigenvalue weighted by Crippen LogP contribution is -2.34. The Bertz CT molecular complexity index is 821. The van der Waals surface area contributed by atoms with Crippen LogP contribution in [0.4, 0.5) is 5.82 Å². The number of aromatic nitrogens is 3. The van der Waals surface area contributed by atoms with E-state index in [1.807, 2.05) is 25.7 Å². The van der Waals surface area contributed by atoms with Gasteiger partial charge in [-0.25, -0.2) is 9.97 Å². The molecule has 1 N–H and O–H groups in total. The van der Waals surface area contributed by atoms with Crippen molar-refractivity contribution in [2.45, 2.75) is 58.9 Å². The molecule has 26 heavy (non-hydrogen) atoms. The first-order valence-corrected chi connectivity index (χ1v) is 9.33. The first-order valence-electron chi connectivity index (χ1n) is 9.33. The zero-order valence-corrected chi connectivity index (χ0v) is 15.6. The molecule has 7 heteroatoms. The molecule has 0 saturated heterocycles. The Morgan fingerprint density at radius 2 is 1.96 bits per heavy atom. The minimum Gasteiger partial charge on any atom is -0.367 e. The maximum atomic E-state index is 12.8. The molecular weight excluding hydrogens is 330 g/mol. The molecule has 7 nitrogen and oxygen atoms in total. The highest BCUT2D eigenvalue weighted by Crippen LogP contribution is 2.28. The second-order valence-corrected chi connectivity index (χ2v) is 7.32. The summed E-state index contributed by atoms with van der Waals surface area (Å²) in [5.74, 6) is 2.61. The normalized spacial score (nSPS) is 17.0. The van der Waals surface area contributed by atoms with E-state index in [-0.39, 0.29) is 5.91 Å². The van der Waals surface area contributed by atoms with Gasteiger partial charge in [0.05, 0.1) is 17.8 Å². The van der Waals surface area contributed by atoms with Gasteiger partial charge in [-0.2, -0.15) is 0 Å². The van der Waals surface area contributed by atoms with E-state index in [2.05, 4.69) is 20.4 Å². The minimum atomic E-state index is 0.119. The number of rotatable bonds is 4. The predicted octanol–water partition coefficient (Wildman–Crippen LogP) is 2.13. The van der Waals surface area contributed by atoms with E-state index in [1.165, 1.54) is 18.4 Å². The van der Waals surface area contributed by atoms with Gasteiger partial charge in [0, 0.05) is 36.7 Å². The number of aryl methyl sites for hydroxylation is 3. The molecule has 2 aromatic rings. The van der Waals surface area contributed by atoms with Crippen LogP contribution in [0.25, 0.3) is 0 Å². The average Bonchev–Trinajstić information content (AvgIpc) is 3.39. The summed E-state index contributed by atoms with van der Waals surface area (Å²) in [5, 5.41) is 7.48. The second-order valence-electron chi connectivity index (χ2n) is 7.32. The molecule has 0 unspecified atom stereocenters. The minimum absolute atomic E-state index is 0.119. The summed E-state index contributed by atoms with van der Waals surface area (Å²) in [6, 6.07) is 0.550. The van der Waals surface area contributed by atoms with E-state index in [4.69, 9.17) is 4.52 Å². The van der Waals surface area contributed by atoms with Gasteiger partial charge in [0.2, 0.25) is 5.91 Å². The number of hydrogen-bond donors (Lipinski definition) is 1. The number of nitrogens with one attached hydrogen (secondary N) is 1. The smallest absolute Gasteiger partial charge is 0.227 e. The van der Waals surface area contributed by atoms with Crippen LogP contribution in [-0.2, 0) is 24.1 Å². The van der Waals surface area contributed by atoms with Crippen molar-refractivity contribution in [2.24, 2.45) is 0 Å². The van der Waals surface area contributed by atoms with Crippen molar-refractivity contribution >= 4 is 11.7 Å². The van der Waals surface area contributed by atoms with Crippen LogP contribution in [0.3, 0.4) is 0 Å². The first-order chi connectivity index (χ1) is 12.5. The van der Waals surface area contributed by atoms with Gasteiger partial charge in [-0.05, 0) is 40.0 Å². The fourth-order valence-electron chi connectivity index (χ4n) is 3.53. The van der Waals surface area contributed by atoms with E-state index >= 15 is 0 Å². The van der Waals surface area contributed by atoms with Gasteiger partial charge >= 0.3 is 0 Å². The maximum absolute atomic E-state index is 12.8. The van der Waals surface area contributed by atoms with E-state index in [0.717, 1.165) is 47.2 Å². The van der Waals surface area contributed by atoms with E-state index in [0.29, 0.717) is 25.6 Å². The predicted molar refractivity (Wildman–Crippen MR) is 97.1 cm³/mol. The highest BCUT2D eigenvalue weighted by Gasteiger charge is 2.27. The third-order valence-corrected chi connectivity index (χ3v) is 5.23. The van der Waals surface area contributed by atoms with Crippen LogP contribution >= 0.6 is 0 Å². The number of fused-ring (bicyclic) bond motifs is 1. The summed E-state index contributed by atoms with van der Waals surface area (Å²) >= 11 is 0. The first kappa shape index (κ1) is 17.0. The van der Waals surface area contributed by atoms with Crippen LogP contribution < -0.4 is 5.32 Å². The number of anilines is 1. The van der Waals surface area contributed by atoms with Crippen molar-refractivity contribution < 1.29 is 9.32 Å². The summed E-state index contributed by atoms with van der Waals surface area (Å²) in [5.41, 5.74) is 3.96. The molecule has 0 aromatic carbocycles. The Morgan fingerprint density at radius 3 is 2.65 bits per heavy atom. The zero-order chi connectivity index (χ0) is 18.3. The van der Waals surface area contributed by atoms with Crippen LogP contribution in [0.15, 0.2) is 4.52 Å². The van der Waals surface area contributed by atoms with Gasteiger partial charge in [-0.3, -0.25) is 4.79 Å². The lowest BCUT2D eigenvalue weighted by atomic mass is 10.1. The zero-order valence-electron chi connectivity index (χ0n) is 15.6. The molecule has 1 aliphatic heterocycles. The Labute approximate surface area is 153 Å². The molecule has 0 spiro atoms. The molecule has 138 valence electrons. The van der Waals surface area contributed by atoms with Crippen LogP contribution in [0.2, 0.25) is 0 Å². The number of nitrogens with zero attached hydrogens (tertiary/aromatic N) is 4. The van der Waals surface area contributed by atoms with Crippen LogP contribution in [0.5, 0.6) is 0 Å². The number of carbonyl (C=O) groups excluding carboxylic acids is 1. The Kier molecular flexibility index (Phi) is 4.38. The van der Waals surface area contributed by atoms with E-state index in [1.54, 1.807) is 0 Å². The fourth-order valence-corrected chi connectivity index (χ4v) is 3.53. The largest absolute Gasteiger partial charge is 0.367 e. The molecule has 2 aliphatic rings. The standard InChI is InChI=1S/C19H25N5O2/c1-11-16(12(2)26-23-11)10-18(25)24-8-6-15-17(7-9-24)20-13(3)21-19(15)22-14-4-5-14/h14H,4-10H2,1-3H3,(H,20,21,22). The third-order valence-electron chi connectivity index (χ3n) is 5.23. The molecular formula is C19H25N5O2. The van der Waals surface area contributed by atoms with Gasteiger partial charge in [0.25, 0.3) is 0 Å². The van der Waals surface area contributed by atoms with Crippen molar-refractivity contribution in [3.8, 4) is 0 Å². The van der Waals surface area contributed by atoms with E-state index in [9.17, 15) is 4.79 Å². The lowest BCUT2D eigenvalue weighted by Gasteiger charge is -2.20. The van der Waals surface area contributed by atoms with E-state index < -0.39 is 0 Å². The summed E-state index contributed by atoms with van der Waals surface area (Å²) in [6.07, 6.45) is 4.32. The van der Waals surface area contributed by atoms with Crippen LogP contribution in [0.1, 0.15) is 46.9 Å². The highest BCUT2D eigenvalue weighted by molar-refractivity contribution is 5.79. The van der Waals surface area contributed by atoms with Crippen molar-refractivity contribution in [2.75, 3.05) is 18.4 Å². The van der Waals surface area contributed by atoms with Crippen molar-refractivity contribution in [1.29, 1.82) is 0 Å². The number of carbonyl (C=O) groups is 1. The molecule has 4 rings (SSSR count). The molecule has 2 aromatic heterocycles. The van der Waals surface area contributed by atoms with Crippen molar-refractivity contribution in [3.05, 3.63) is 34.1 Å². The second kappa shape index (κ2) is 6.70. The molecule has 0 bridgehead atoms. The summed E-state index contributed by atoms with van der Waals surface area (Å²) in [4.78, 5) is 24.0. The summed E-state index contributed by atoms with van der Waals surface area (Å²) < 4.78 is 5.18. The van der Waals surface area contributed by atoms with Crippen LogP contribution in [0, 0.1) is 20.8 Å². The van der Waals surface area contributed by atoms with Gasteiger partial charge in [-0.15, -0.1) is 0 Å². The van der Waals surface area contributed by atoms with Crippen molar-refractivity contribution in [3.63, 3.8) is 0 Å². The monoisotopic (exact) mass is 355 g/mol. The molecule has 1 amide bonds. The maximum Gasteiger partial charge on any atom is 0.227 e. The third kappa shape index (κ3) is 3.43. The molecule has 3 heterocycles. The van der Waals surface area contributed by atoms with Gasteiger partial charge < -0.3 is 14.7 Å². The number of amides is 1. The lowest BCUT2D eigenvalue weighted by molar-refractivity contribution is -0.130. The van der Waals surface area contributed by atoms with Gasteiger partial charge in [0.15, 0.2) is 0 Å². The fraction of sp³-hybridized carbons (Fsp3) is 0.579. The number of hydrogen-bond acceptors (Lipinski definition) is 6. The highest BCUT2D eigenvalue weighted by atomic mass is 16.5. The van der Waals surface area contributed by atoms with Gasteiger partial charge in [0.1, 0.15) is 17.4 Å². The molecule has 0 atom stereocenters. The quantitative estimate of drug-likeness (QED) is 0.904. The molecule has 1 fully saturated rings. The molecule has 1 saturated carbocycles. The molecule has 1 aliphatic carbocycles. The SMILES string of the molecule is Cc1nc2c(c(NC3CC3)n1)CCN(C(=O)Cc1c(C)noc1C)CC2. The Hall–Kier alpha value is -2.44. The van der Waals surface area contributed by atoms with Crippen molar-refractivity contribution in [1.82, 2.24) is 20.0 Å². The molecule has 0 radical (unpaired) electrons. The Morgan fingerprint density at radius 1 is 1.19 bits per heavy atom. The summed E-state index contributed by atoms with van der Waals surface area (Å²) in [6.45, 7) is 7.06. The summed E-state index contributed by atoms with van der Waals surface area (Å²) in [7, 11) is 0.